The van der Waals surface area contributed by atoms with Crippen LogP contribution in [0.4, 0.5) is 0 Å². The van der Waals surface area contributed by atoms with E-state index in [1.54, 1.807) is 19.2 Å². The van der Waals surface area contributed by atoms with Gasteiger partial charge >= 0.3 is 5.97 Å². The Morgan fingerprint density at radius 3 is 2.59 bits per heavy atom. The number of rotatable bonds is 11. The predicted octanol–water partition coefficient (Wildman–Crippen LogP) is 5.46. The molecule has 3 aromatic rings. The molecule has 2 aromatic carbocycles. The van der Waals surface area contributed by atoms with Crippen molar-refractivity contribution in [1.29, 1.82) is 0 Å². The summed E-state index contributed by atoms with van der Waals surface area (Å²) in [5.74, 6) is -0.674. The predicted molar refractivity (Wildman–Crippen MR) is 152 cm³/mol. The topological polar surface area (TPSA) is 104 Å². The zero-order chi connectivity index (χ0) is 28.1. The number of benzene rings is 2. The lowest BCUT2D eigenvalue weighted by Crippen LogP contribution is -2.45. The van der Waals surface area contributed by atoms with Gasteiger partial charge in [0, 0.05) is 54.0 Å². The summed E-state index contributed by atoms with van der Waals surface area (Å²) in [7, 11) is 1.72. The van der Waals surface area contributed by atoms with Crippen molar-refractivity contribution >= 4 is 22.8 Å². The standard InChI is InChI=1S/C31H41N3O5/c1-6-19(3)29(31(36)37)33-30(35)22-10-8-21(9-11-22)26-17-23(39-7-2)13-15-34(26)18-25-24-12-14-32-28(24)20(4)16-27(25)38-5/h8-12,14,16,19,23,26,29,32H,6-7,13,15,17-18H2,1-5H3,(H,33,35)(H,36,37)/t19-,23+,26-,29-/m0/s1. The third-order valence-corrected chi connectivity index (χ3v) is 8.08. The van der Waals surface area contributed by atoms with E-state index in [9.17, 15) is 14.7 Å². The molecule has 8 heteroatoms. The molecule has 4 rings (SSSR count). The minimum Gasteiger partial charge on any atom is -0.496 e. The summed E-state index contributed by atoms with van der Waals surface area (Å²) < 4.78 is 11.8. The molecule has 0 bridgehead atoms. The lowest BCUT2D eigenvalue weighted by Gasteiger charge is -2.40. The molecule has 1 aliphatic heterocycles. The van der Waals surface area contributed by atoms with Crippen molar-refractivity contribution in [1.82, 2.24) is 15.2 Å². The number of carboxylic acids is 1. The van der Waals surface area contributed by atoms with Gasteiger partial charge in [-0.25, -0.2) is 4.79 Å². The summed E-state index contributed by atoms with van der Waals surface area (Å²) in [6.07, 6.45) is 4.59. The lowest BCUT2D eigenvalue weighted by molar-refractivity contribution is -0.140. The molecule has 0 saturated carbocycles. The van der Waals surface area contributed by atoms with Crippen LogP contribution in [0.25, 0.3) is 10.9 Å². The van der Waals surface area contributed by atoms with Crippen molar-refractivity contribution in [3.8, 4) is 5.75 Å². The normalized spacial score (nSPS) is 19.5. The van der Waals surface area contributed by atoms with Crippen molar-refractivity contribution in [3.05, 3.63) is 64.8 Å². The van der Waals surface area contributed by atoms with E-state index in [2.05, 4.69) is 34.3 Å². The highest BCUT2D eigenvalue weighted by molar-refractivity contribution is 5.96. The van der Waals surface area contributed by atoms with Crippen molar-refractivity contribution in [2.45, 2.75) is 71.7 Å². The number of methoxy groups -OCH3 is 1. The lowest BCUT2D eigenvalue weighted by atomic mass is 9.91. The van der Waals surface area contributed by atoms with Crippen molar-refractivity contribution in [2.75, 3.05) is 20.3 Å². The van der Waals surface area contributed by atoms with E-state index in [0.717, 1.165) is 53.9 Å². The van der Waals surface area contributed by atoms with Crippen LogP contribution in [0.15, 0.2) is 42.6 Å². The van der Waals surface area contributed by atoms with Crippen molar-refractivity contribution in [2.24, 2.45) is 5.92 Å². The number of ether oxygens (including phenoxy) is 2. The van der Waals surface area contributed by atoms with Gasteiger partial charge < -0.3 is 24.9 Å². The first kappa shape index (κ1) is 28.6. The first-order chi connectivity index (χ1) is 18.8. The van der Waals surface area contributed by atoms with E-state index in [1.165, 1.54) is 5.39 Å². The molecule has 0 unspecified atom stereocenters. The maximum absolute atomic E-state index is 12.9. The molecule has 1 aliphatic rings. The summed E-state index contributed by atoms with van der Waals surface area (Å²) >= 11 is 0. The zero-order valence-corrected chi connectivity index (χ0v) is 23.6. The van der Waals surface area contributed by atoms with Gasteiger partial charge in [0.15, 0.2) is 0 Å². The Bertz CT molecular complexity index is 1290. The number of aromatic nitrogens is 1. The fourth-order valence-electron chi connectivity index (χ4n) is 5.65. The van der Waals surface area contributed by atoms with Crippen LogP contribution in [0.1, 0.15) is 73.1 Å². The largest absolute Gasteiger partial charge is 0.496 e. The van der Waals surface area contributed by atoms with Crippen LogP contribution in [0, 0.1) is 12.8 Å². The fourth-order valence-corrected chi connectivity index (χ4v) is 5.65. The molecule has 4 atom stereocenters. The smallest absolute Gasteiger partial charge is 0.326 e. The average molecular weight is 536 g/mol. The van der Waals surface area contributed by atoms with E-state index >= 15 is 0 Å². The van der Waals surface area contributed by atoms with E-state index in [4.69, 9.17) is 9.47 Å². The van der Waals surface area contributed by atoms with Crippen LogP contribution >= 0.6 is 0 Å². The van der Waals surface area contributed by atoms with Gasteiger partial charge in [0.2, 0.25) is 0 Å². The number of hydrogen-bond donors (Lipinski definition) is 3. The van der Waals surface area contributed by atoms with Crippen LogP contribution in [0.5, 0.6) is 5.75 Å². The van der Waals surface area contributed by atoms with Gasteiger partial charge in [-0.3, -0.25) is 9.69 Å². The minimum absolute atomic E-state index is 0.0966. The number of piperidine rings is 1. The van der Waals surface area contributed by atoms with Gasteiger partial charge in [-0.05, 0) is 68.0 Å². The number of aromatic amines is 1. The Morgan fingerprint density at radius 1 is 1.21 bits per heavy atom. The number of carbonyl (C=O) groups is 2. The molecular formula is C31H41N3O5. The first-order valence-corrected chi connectivity index (χ1v) is 13.9. The number of amides is 1. The molecule has 0 radical (unpaired) electrons. The Morgan fingerprint density at radius 2 is 1.95 bits per heavy atom. The SMILES string of the molecule is CCO[C@@H]1CCN(Cc2c(OC)cc(C)c3[nH]ccc23)[C@H](c2ccc(C(=O)N[C@H](C(=O)O)[C@@H](C)CC)cc2)C1. The summed E-state index contributed by atoms with van der Waals surface area (Å²) in [5, 5.41) is 13.4. The molecule has 39 heavy (non-hydrogen) atoms. The summed E-state index contributed by atoms with van der Waals surface area (Å²) in [6.45, 7) is 10.1. The molecule has 8 nitrogen and oxygen atoms in total. The second-order valence-electron chi connectivity index (χ2n) is 10.5. The third kappa shape index (κ3) is 6.28. The highest BCUT2D eigenvalue weighted by Gasteiger charge is 2.32. The molecule has 1 aromatic heterocycles. The van der Waals surface area contributed by atoms with Crippen LogP contribution in [-0.2, 0) is 16.1 Å². The molecular weight excluding hydrogens is 494 g/mol. The van der Waals surface area contributed by atoms with Gasteiger partial charge in [0.1, 0.15) is 11.8 Å². The Balaban J connectivity index is 1.60. The second kappa shape index (κ2) is 12.7. The number of H-pyrrole nitrogens is 1. The highest BCUT2D eigenvalue weighted by atomic mass is 16.5. The quantitative estimate of drug-likeness (QED) is 0.301. The average Bonchev–Trinajstić information content (AvgIpc) is 3.44. The van der Waals surface area contributed by atoms with Crippen LogP contribution in [0.3, 0.4) is 0 Å². The summed E-state index contributed by atoms with van der Waals surface area (Å²) in [6, 6.07) is 10.9. The van der Waals surface area contributed by atoms with Gasteiger partial charge in [-0.1, -0.05) is 32.4 Å². The van der Waals surface area contributed by atoms with E-state index < -0.39 is 12.0 Å². The van der Waals surface area contributed by atoms with Crippen molar-refractivity contribution < 1.29 is 24.2 Å². The number of fused-ring (bicyclic) bond motifs is 1. The van der Waals surface area contributed by atoms with Gasteiger partial charge in [0.25, 0.3) is 5.91 Å². The first-order valence-electron chi connectivity index (χ1n) is 13.9. The minimum atomic E-state index is -1.02. The Kier molecular flexibility index (Phi) is 9.30. The summed E-state index contributed by atoms with van der Waals surface area (Å²) in [4.78, 5) is 30.4. The molecule has 1 saturated heterocycles. The molecule has 2 heterocycles. The zero-order valence-electron chi connectivity index (χ0n) is 23.6. The van der Waals surface area contributed by atoms with E-state index in [0.29, 0.717) is 18.6 Å². The van der Waals surface area contributed by atoms with Crippen LogP contribution < -0.4 is 10.1 Å². The van der Waals surface area contributed by atoms with E-state index in [1.807, 2.05) is 39.1 Å². The number of nitrogens with one attached hydrogen (secondary N) is 2. The molecule has 210 valence electrons. The number of carbonyl (C=O) groups excluding carboxylic acids is 1. The molecule has 1 amide bonds. The number of carboxylic acid groups (broad SMARTS) is 1. The van der Waals surface area contributed by atoms with Crippen LogP contribution in [0.2, 0.25) is 0 Å². The number of likely N-dealkylation sites (tertiary alicyclic amines) is 1. The van der Waals surface area contributed by atoms with Gasteiger partial charge in [0.05, 0.1) is 13.2 Å². The second-order valence-corrected chi connectivity index (χ2v) is 10.5. The maximum Gasteiger partial charge on any atom is 0.326 e. The van der Waals surface area contributed by atoms with E-state index in [-0.39, 0.29) is 24.0 Å². The molecule has 0 aliphatic carbocycles. The number of nitrogens with zero attached hydrogens (tertiary/aromatic N) is 1. The molecule has 0 spiro atoms. The van der Waals surface area contributed by atoms with Crippen molar-refractivity contribution in [3.63, 3.8) is 0 Å². The maximum atomic E-state index is 12.9. The van der Waals surface area contributed by atoms with Gasteiger partial charge in [-0.2, -0.15) is 0 Å². The fraction of sp³-hybridized carbons (Fsp3) is 0.484. The number of aliphatic carboxylic acids is 1. The number of hydrogen-bond acceptors (Lipinski definition) is 5. The monoisotopic (exact) mass is 535 g/mol. The summed E-state index contributed by atoms with van der Waals surface area (Å²) in [5.41, 5.74) is 4.98. The molecule has 3 N–H and O–H groups in total. The third-order valence-electron chi connectivity index (χ3n) is 8.08. The van der Waals surface area contributed by atoms with Gasteiger partial charge in [-0.15, -0.1) is 0 Å². The Labute approximate surface area is 230 Å². The number of aryl methyl sites for hydroxylation is 1. The Hall–Kier alpha value is -3.36. The molecule has 1 fully saturated rings. The highest BCUT2D eigenvalue weighted by Crippen LogP contribution is 2.38. The van der Waals surface area contributed by atoms with Crippen LogP contribution in [-0.4, -0.2) is 59.3 Å².